The Morgan fingerprint density at radius 1 is 1.38 bits per heavy atom. The second kappa shape index (κ2) is 3.77. The van der Waals surface area contributed by atoms with Gasteiger partial charge in [0.2, 0.25) is 0 Å². The number of nitrogens with one attached hydrogen (secondary N) is 1. The molecule has 0 saturated carbocycles. The van der Waals surface area contributed by atoms with Crippen LogP contribution in [0.25, 0.3) is 0 Å². The highest BCUT2D eigenvalue weighted by Crippen LogP contribution is 2.41. The van der Waals surface area contributed by atoms with E-state index in [1.807, 2.05) is 0 Å². The molecule has 2 unspecified atom stereocenters. The van der Waals surface area contributed by atoms with Crippen LogP contribution in [0.5, 0.6) is 5.75 Å². The van der Waals surface area contributed by atoms with Crippen LogP contribution in [0.4, 0.5) is 0 Å². The number of fused-ring (bicyclic) bond motifs is 4. The predicted molar refractivity (Wildman–Crippen MR) is 65.0 cm³/mol. The Morgan fingerprint density at radius 2 is 2.25 bits per heavy atom. The van der Waals surface area contributed by atoms with E-state index in [-0.39, 0.29) is 0 Å². The molecular formula is C14H19NO. The topological polar surface area (TPSA) is 21.3 Å². The van der Waals surface area contributed by atoms with Crippen molar-refractivity contribution < 1.29 is 4.74 Å². The number of piperidine rings is 1. The zero-order valence-electron chi connectivity index (χ0n) is 9.99. The van der Waals surface area contributed by atoms with Crippen LogP contribution in [0.1, 0.15) is 30.4 Å². The van der Waals surface area contributed by atoms with E-state index in [9.17, 15) is 0 Å². The van der Waals surface area contributed by atoms with Gasteiger partial charge in [0.25, 0.3) is 0 Å². The zero-order valence-corrected chi connectivity index (χ0v) is 9.99. The monoisotopic (exact) mass is 217 g/mol. The normalized spacial score (nSPS) is 32.0. The third kappa shape index (κ3) is 1.44. The highest BCUT2D eigenvalue weighted by Gasteiger charge is 2.36. The van der Waals surface area contributed by atoms with Gasteiger partial charge in [0.15, 0.2) is 0 Å². The third-order valence-corrected chi connectivity index (χ3v) is 4.32. The van der Waals surface area contributed by atoms with Crippen molar-refractivity contribution in [3.8, 4) is 5.75 Å². The highest BCUT2D eigenvalue weighted by atomic mass is 16.5. The van der Waals surface area contributed by atoms with Crippen LogP contribution in [0, 0.1) is 5.92 Å². The van der Waals surface area contributed by atoms with E-state index in [2.05, 4.69) is 30.4 Å². The Kier molecular flexibility index (Phi) is 2.40. The highest BCUT2D eigenvalue weighted by molar-refractivity contribution is 5.41. The quantitative estimate of drug-likeness (QED) is 0.779. The van der Waals surface area contributed by atoms with Gasteiger partial charge in [0, 0.05) is 6.04 Å². The average Bonchev–Trinajstić information content (AvgIpc) is 2.29. The van der Waals surface area contributed by atoms with Crippen LogP contribution in [-0.2, 0) is 6.42 Å². The Bertz CT molecular complexity index is 402. The van der Waals surface area contributed by atoms with Gasteiger partial charge < -0.3 is 10.1 Å². The SMILES string of the molecule is COc1ccc2c(c1)C1CCNC(C2)[C@@H]1C. The lowest BCUT2D eigenvalue weighted by Gasteiger charge is -2.42. The molecule has 1 aromatic carbocycles. The summed E-state index contributed by atoms with van der Waals surface area (Å²) in [6.45, 7) is 3.54. The average molecular weight is 217 g/mol. The van der Waals surface area contributed by atoms with Crippen molar-refractivity contribution in [2.75, 3.05) is 13.7 Å². The first-order valence-electron chi connectivity index (χ1n) is 6.20. The summed E-state index contributed by atoms with van der Waals surface area (Å²) in [5.74, 6) is 2.49. The van der Waals surface area contributed by atoms with E-state index in [0.29, 0.717) is 6.04 Å². The van der Waals surface area contributed by atoms with Crippen molar-refractivity contribution in [1.82, 2.24) is 5.32 Å². The molecule has 1 aliphatic heterocycles. The van der Waals surface area contributed by atoms with Gasteiger partial charge in [-0.05, 0) is 54.5 Å². The summed E-state index contributed by atoms with van der Waals surface area (Å²) in [6, 6.07) is 7.26. The lowest BCUT2D eigenvalue weighted by atomic mass is 9.69. The molecule has 0 spiro atoms. The van der Waals surface area contributed by atoms with Crippen LogP contribution in [0.2, 0.25) is 0 Å². The number of hydrogen-bond acceptors (Lipinski definition) is 2. The molecule has 1 aliphatic carbocycles. The summed E-state index contributed by atoms with van der Waals surface area (Å²) >= 11 is 0. The van der Waals surface area contributed by atoms with Crippen LogP contribution in [0.15, 0.2) is 18.2 Å². The number of benzene rings is 1. The van der Waals surface area contributed by atoms with Crippen LogP contribution < -0.4 is 10.1 Å². The second-order valence-corrected chi connectivity index (χ2v) is 5.08. The van der Waals surface area contributed by atoms with Crippen LogP contribution >= 0.6 is 0 Å². The summed E-state index contributed by atoms with van der Waals surface area (Å²) in [5.41, 5.74) is 3.05. The summed E-state index contributed by atoms with van der Waals surface area (Å²) in [6.07, 6.45) is 2.44. The van der Waals surface area contributed by atoms with E-state index >= 15 is 0 Å². The van der Waals surface area contributed by atoms with Gasteiger partial charge in [0.1, 0.15) is 5.75 Å². The van der Waals surface area contributed by atoms with E-state index in [0.717, 1.165) is 24.1 Å². The summed E-state index contributed by atoms with van der Waals surface area (Å²) in [7, 11) is 1.75. The number of ether oxygens (including phenoxy) is 1. The molecule has 86 valence electrons. The molecule has 2 heteroatoms. The number of methoxy groups -OCH3 is 1. The molecule has 0 amide bonds. The van der Waals surface area contributed by atoms with Gasteiger partial charge in [-0.1, -0.05) is 13.0 Å². The second-order valence-electron chi connectivity index (χ2n) is 5.08. The first-order chi connectivity index (χ1) is 7.79. The van der Waals surface area contributed by atoms with Gasteiger partial charge in [-0.3, -0.25) is 0 Å². The molecule has 2 bridgehead atoms. The zero-order chi connectivity index (χ0) is 11.1. The molecule has 2 nitrogen and oxygen atoms in total. The van der Waals surface area contributed by atoms with Crippen molar-refractivity contribution in [2.45, 2.75) is 31.7 Å². The Hall–Kier alpha value is -1.02. The standard InChI is InChI=1S/C14H19NO/c1-9-12-5-6-15-14(9)7-10-3-4-11(16-2)8-13(10)12/h3-4,8-9,12,14-15H,5-7H2,1-2H3/t9-,12?,14?/m1/s1. The first kappa shape index (κ1) is 10.2. The van der Waals surface area contributed by atoms with Crippen LogP contribution in [-0.4, -0.2) is 19.7 Å². The Morgan fingerprint density at radius 3 is 3.06 bits per heavy atom. The van der Waals surface area contributed by atoms with Crippen molar-refractivity contribution in [3.05, 3.63) is 29.3 Å². The molecule has 1 heterocycles. The van der Waals surface area contributed by atoms with Gasteiger partial charge in [0.05, 0.1) is 7.11 Å². The van der Waals surface area contributed by atoms with Gasteiger partial charge in [-0.15, -0.1) is 0 Å². The molecule has 16 heavy (non-hydrogen) atoms. The van der Waals surface area contributed by atoms with Crippen molar-refractivity contribution in [2.24, 2.45) is 5.92 Å². The molecule has 1 fully saturated rings. The first-order valence-corrected chi connectivity index (χ1v) is 6.20. The van der Waals surface area contributed by atoms with Gasteiger partial charge in [-0.2, -0.15) is 0 Å². The van der Waals surface area contributed by atoms with E-state index in [1.54, 1.807) is 7.11 Å². The molecule has 0 radical (unpaired) electrons. The largest absolute Gasteiger partial charge is 0.497 e. The van der Waals surface area contributed by atoms with Gasteiger partial charge in [-0.25, -0.2) is 0 Å². The smallest absolute Gasteiger partial charge is 0.119 e. The van der Waals surface area contributed by atoms with Gasteiger partial charge >= 0.3 is 0 Å². The Balaban J connectivity index is 2.05. The lowest BCUT2D eigenvalue weighted by Crippen LogP contribution is -2.48. The summed E-state index contributed by atoms with van der Waals surface area (Å²) in [5, 5.41) is 3.64. The maximum Gasteiger partial charge on any atom is 0.119 e. The summed E-state index contributed by atoms with van der Waals surface area (Å²) in [4.78, 5) is 0. The fraction of sp³-hybridized carbons (Fsp3) is 0.571. The minimum atomic E-state index is 0.680. The molecule has 3 rings (SSSR count). The van der Waals surface area contributed by atoms with Crippen molar-refractivity contribution in [1.29, 1.82) is 0 Å². The maximum absolute atomic E-state index is 5.34. The lowest BCUT2D eigenvalue weighted by molar-refractivity contribution is 0.241. The molecule has 1 N–H and O–H groups in total. The molecule has 2 aliphatic rings. The minimum Gasteiger partial charge on any atom is -0.497 e. The van der Waals surface area contributed by atoms with Crippen molar-refractivity contribution >= 4 is 0 Å². The predicted octanol–water partition coefficient (Wildman–Crippen LogP) is 2.33. The maximum atomic E-state index is 5.34. The Labute approximate surface area is 97.0 Å². The third-order valence-electron chi connectivity index (χ3n) is 4.32. The molecule has 1 aromatic rings. The van der Waals surface area contributed by atoms with E-state index in [4.69, 9.17) is 4.74 Å². The minimum absolute atomic E-state index is 0.680. The molecule has 1 saturated heterocycles. The van der Waals surface area contributed by atoms with E-state index in [1.165, 1.54) is 24.0 Å². The van der Waals surface area contributed by atoms with Crippen LogP contribution in [0.3, 0.4) is 0 Å². The fourth-order valence-corrected chi connectivity index (χ4v) is 3.32. The van der Waals surface area contributed by atoms with E-state index < -0.39 is 0 Å². The van der Waals surface area contributed by atoms with Crippen molar-refractivity contribution in [3.63, 3.8) is 0 Å². The summed E-state index contributed by atoms with van der Waals surface area (Å²) < 4.78 is 5.34. The molecular weight excluding hydrogens is 198 g/mol. The fourth-order valence-electron chi connectivity index (χ4n) is 3.32. The molecule has 3 atom stereocenters. The molecule has 0 aromatic heterocycles. The number of rotatable bonds is 1. The number of hydrogen-bond donors (Lipinski definition) is 1.